The van der Waals surface area contributed by atoms with Crippen molar-refractivity contribution in [1.82, 2.24) is 19.9 Å². The smallest absolute Gasteiger partial charge is 0.252 e. The number of hydrogen-bond acceptors (Lipinski definition) is 4. The number of pyridine rings is 1. The van der Waals surface area contributed by atoms with E-state index >= 15 is 0 Å². The van der Waals surface area contributed by atoms with Crippen LogP contribution in [0, 0.1) is 0 Å². The van der Waals surface area contributed by atoms with Crippen molar-refractivity contribution in [3.8, 4) is 5.75 Å². The fourth-order valence-corrected chi connectivity index (χ4v) is 2.47. The summed E-state index contributed by atoms with van der Waals surface area (Å²) in [4.78, 5) is 20.9. The Morgan fingerprint density at radius 3 is 2.42 bits per heavy atom. The highest BCUT2D eigenvalue weighted by Gasteiger charge is 2.21. The Hall–Kier alpha value is -3.15. The second-order valence-corrected chi connectivity index (χ2v) is 5.31. The molecule has 6 heteroatoms. The summed E-state index contributed by atoms with van der Waals surface area (Å²) in [5, 5.41) is 3.04. The molecule has 122 valence electrons. The van der Waals surface area contributed by atoms with Crippen LogP contribution in [0.2, 0.25) is 0 Å². The number of methoxy groups -OCH3 is 1. The second-order valence-electron chi connectivity index (χ2n) is 5.31. The van der Waals surface area contributed by atoms with Gasteiger partial charge < -0.3 is 14.6 Å². The van der Waals surface area contributed by atoms with Gasteiger partial charge in [0.2, 0.25) is 0 Å². The largest absolute Gasteiger partial charge is 0.497 e. The number of amides is 1. The van der Waals surface area contributed by atoms with E-state index in [2.05, 4.69) is 15.3 Å². The Bertz CT molecular complexity index is 813. The Labute approximate surface area is 140 Å². The number of benzene rings is 1. The lowest BCUT2D eigenvalue weighted by Gasteiger charge is -2.19. The van der Waals surface area contributed by atoms with Gasteiger partial charge in [-0.25, -0.2) is 4.98 Å². The summed E-state index contributed by atoms with van der Waals surface area (Å²) in [5.41, 5.74) is 1.48. The first-order chi connectivity index (χ1) is 11.7. The third-order valence-electron chi connectivity index (χ3n) is 3.78. The number of aryl methyl sites for hydroxylation is 1. The van der Waals surface area contributed by atoms with Crippen molar-refractivity contribution in [1.29, 1.82) is 0 Å². The van der Waals surface area contributed by atoms with E-state index in [4.69, 9.17) is 4.74 Å². The average Bonchev–Trinajstić information content (AvgIpc) is 3.06. The molecule has 1 N–H and O–H groups in total. The van der Waals surface area contributed by atoms with Crippen LogP contribution in [-0.2, 0) is 7.05 Å². The van der Waals surface area contributed by atoms with Gasteiger partial charge in [-0.3, -0.25) is 9.78 Å². The van der Waals surface area contributed by atoms with Crippen LogP contribution in [0.25, 0.3) is 0 Å². The van der Waals surface area contributed by atoms with E-state index in [1.807, 2.05) is 42.1 Å². The van der Waals surface area contributed by atoms with Crippen molar-refractivity contribution in [2.75, 3.05) is 7.11 Å². The molecule has 2 aromatic heterocycles. The number of nitrogens with one attached hydrogen (secondary N) is 1. The zero-order valence-corrected chi connectivity index (χ0v) is 13.5. The van der Waals surface area contributed by atoms with E-state index < -0.39 is 0 Å². The van der Waals surface area contributed by atoms with Gasteiger partial charge in [0.25, 0.3) is 5.91 Å². The van der Waals surface area contributed by atoms with Crippen LogP contribution in [-0.4, -0.2) is 27.6 Å². The van der Waals surface area contributed by atoms with Gasteiger partial charge in [-0.1, -0.05) is 12.1 Å². The normalized spacial score (nSPS) is 11.8. The molecule has 0 saturated heterocycles. The fraction of sp³-hybridized carbons (Fsp3) is 0.167. The molecule has 1 atom stereocenters. The summed E-state index contributed by atoms with van der Waals surface area (Å²) in [6.45, 7) is 0. The van der Waals surface area contributed by atoms with E-state index in [-0.39, 0.29) is 11.9 Å². The summed E-state index contributed by atoms with van der Waals surface area (Å²) >= 11 is 0. The monoisotopic (exact) mass is 322 g/mol. The maximum absolute atomic E-state index is 12.6. The van der Waals surface area contributed by atoms with Gasteiger partial charge >= 0.3 is 0 Å². The number of aromatic nitrogens is 3. The number of rotatable bonds is 5. The predicted octanol–water partition coefficient (Wildman–Crippen LogP) is 2.34. The van der Waals surface area contributed by atoms with Crippen LogP contribution in [0.1, 0.15) is 27.8 Å². The third kappa shape index (κ3) is 3.27. The van der Waals surface area contributed by atoms with Crippen molar-refractivity contribution >= 4 is 5.91 Å². The minimum absolute atomic E-state index is 0.179. The van der Waals surface area contributed by atoms with Gasteiger partial charge in [0.1, 0.15) is 17.6 Å². The summed E-state index contributed by atoms with van der Waals surface area (Å²) in [6.07, 6.45) is 6.75. The van der Waals surface area contributed by atoms with Crippen molar-refractivity contribution in [3.05, 3.63) is 78.1 Å². The quantitative estimate of drug-likeness (QED) is 0.783. The Kier molecular flexibility index (Phi) is 4.56. The molecule has 0 radical (unpaired) electrons. The van der Waals surface area contributed by atoms with E-state index in [9.17, 15) is 4.79 Å². The Balaban J connectivity index is 1.93. The van der Waals surface area contributed by atoms with Crippen molar-refractivity contribution in [2.45, 2.75) is 6.04 Å². The highest BCUT2D eigenvalue weighted by atomic mass is 16.5. The van der Waals surface area contributed by atoms with Gasteiger partial charge in [-0.05, 0) is 29.8 Å². The molecule has 1 aromatic carbocycles. The SMILES string of the molecule is COc1ccc([C@@H](NC(=O)c2ccncc2)c2nccn2C)cc1. The number of hydrogen-bond donors (Lipinski definition) is 1. The van der Waals surface area contributed by atoms with E-state index in [1.54, 1.807) is 37.8 Å². The Morgan fingerprint density at radius 1 is 1.12 bits per heavy atom. The lowest BCUT2D eigenvalue weighted by Crippen LogP contribution is -2.31. The van der Waals surface area contributed by atoms with Crippen molar-refractivity contribution < 1.29 is 9.53 Å². The molecule has 2 heterocycles. The molecular formula is C18H18N4O2. The van der Waals surface area contributed by atoms with Gasteiger partial charge in [0.15, 0.2) is 0 Å². The lowest BCUT2D eigenvalue weighted by molar-refractivity contribution is 0.0941. The molecule has 3 rings (SSSR count). The summed E-state index contributed by atoms with van der Waals surface area (Å²) < 4.78 is 7.09. The van der Waals surface area contributed by atoms with Crippen molar-refractivity contribution in [2.24, 2.45) is 7.05 Å². The highest BCUT2D eigenvalue weighted by Crippen LogP contribution is 2.23. The van der Waals surface area contributed by atoms with E-state index in [0.29, 0.717) is 5.56 Å². The Morgan fingerprint density at radius 2 is 1.83 bits per heavy atom. The molecule has 0 unspecified atom stereocenters. The molecule has 0 aliphatic carbocycles. The third-order valence-corrected chi connectivity index (χ3v) is 3.78. The number of carbonyl (C=O) groups excluding carboxylic acids is 1. The fourth-order valence-electron chi connectivity index (χ4n) is 2.47. The van der Waals surface area contributed by atoms with E-state index in [0.717, 1.165) is 17.1 Å². The summed E-state index contributed by atoms with van der Waals surface area (Å²) in [7, 11) is 3.52. The minimum Gasteiger partial charge on any atom is -0.497 e. The summed E-state index contributed by atoms with van der Waals surface area (Å²) in [5.74, 6) is 1.33. The van der Waals surface area contributed by atoms with Crippen LogP contribution < -0.4 is 10.1 Å². The molecule has 0 aliphatic heterocycles. The molecule has 1 amide bonds. The standard InChI is InChI=1S/C18H18N4O2/c1-22-12-11-20-17(22)16(13-3-5-15(24-2)6-4-13)21-18(23)14-7-9-19-10-8-14/h3-12,16H,1-2H3,(H,21,23)/t16-/m1/s1. The first-order valence-corrected chi connectivity index (χ1v) is 7.51. The van der Waals surface area contributed by atoms with Gasteiger partial charge in [0, 0.05) is 37.4 Å². The molecule has 0 bridgehead atoms. The minimum atomic E-state index is -0.364. The second kappa shape index (κ2) is 6.95. The molecule has 0 aliphatic rings. The first kappa shape index (κ1) is 15.7. The van der Waals surface area contributed by atoms with Crippen LogP contribution >= 0.6 is 0 Å². The average molecular weight is 322 g/mol. The molecule has 24 heavy (non-hydrogen) atoms. The van der Waals surface area contributed by atoms with Gasteiger partial charge in [-0.2, -0.15) is 0 Å². The number of carbonyl (C=O) groups is 1. The van der Waals surface area contributed by atoms with Gasteiger partial charge in [-0.15, -0.1) is 0 Å². The van der Waals surface area contributed by atoms with Crippen molar-refractivity contribution in [3.63, 3.8) is 0 Å². The first-order valence-electron chi connectivity index (χ1n) is 7.51. The van der Waals surface area contributed by atoms with Crippen LogP contribution in [0.3, 0.4) is 0 Å². The predicted molar refractivity (Wildman–Crippen MR) is 89.7 cm³/mol. The van der Waals surface area contributed by atoms with Crippen LogP contribution in [0.15, 0.2) is 61.2 Å². The van der Waals surface area contributed by atoms with E-state index in [1.165, 1.54) is 0 Å². The van der Waals surface area contributed by atoms with Gasteiger partial charge in [0.05, 0.1) is 7.11 Å². The van der Waals surface area contributed by atoms with Crippen LogP contribution in [0.4, 0.5) is 0 Å². The molecular weight excluding hydrogens is 304 g/mol. The molecule has 0 spiro atoms. The summed E-state index contributed by atoms with van der Waals surface area (Å²) in [6, 6.07) is 10.6. The van der Waals surface area contributed by atoms with Crippen LogP contribution in [0.5, 0.6) is 5.75 Å². The molecule has 6 nitrogen and oxygen atoms in total. The maximum Gasteiger partial charge on any atom is 0.252 e. The molecule has 0 saturated carbocycles. The zero-order chi connectivity index (χ0) is 16.9. The molecule has 0 fully saturated rings. The number of nitrogens with zero attached hydrogens (tertiary/aromatic N) is 3. The zero-order valence-electron chi connectivity index (χ0n) is 13.5. The highest BCUT2D eigenvalue weighted by molar-refractivity contribution is 5.94. The maximum atomic E-state index is 12.6. The number of ether oxygens (including phenoxy) is 1. The lowest BCUT2D eigenvalue weighted by atomic mass is 10.1. The topological polar surface area (TPSA) is 69.0 Å². The molecule has 3 aromatic rings. The number of imidazole rings is 1.